The minimum atomic E-state index is -3.73. The van der Waals surface area contributed by atoms with E-state index in [4.69, 9.17) is 4.74 Å². The number of fused-ring (bicyclic) bond motifs is 1. The fraction of sp³-hybridized carbons (Fsp3) is 0.316. The van der Waals surface area contributed by atoms with Crippen LogP contribution in [-0.2, 0) is 17.1 Å². The lowest BCUT2D eigenvalue weighted by atomic mass is 10.0. The minimum Gasteiger partial charge on any atom is -0.496 e. The summed E-state index contributed by atoms with van der Waals surface area (Å²) in [5, 5.41) is 0. The van der Waals surface area contributed by atoms with Crippen molar-refractivity contribution in [2.75, 3.05) is 7.11 Å². The van der Waals surface area contributed by atoms with Gasteiger partial charge in [0, 0.05) is 13.1 Å². The van der Waals surface area contributed by atoms with Crippen LogP contribution in [0.25, 0.3) is 10.2 Å². The van der Waals surface area contributed by atoms with Crippen LogP contribution >= 0.6 is 11.3 Å². The molecule has 6 nitrogen and oxygen atoms in total. The summed E-state index contributed by atoms with van der Waals surface area (Å²) in [5.41, 5.74) is 2.55. The van der Waals surface area contributed by atoms with Crippen molar-refractivity contribution in [2.45, 2.75) is 31.2 Å². The molecule has 0 aliphatic heterocycles. The Hall–Kier alpha value is -2.16. The number of hydrogen-bond donors (Lipinski definition) is 1. The number of sulfonamides is 1. The highest BCUT2D eigenvalue weighted by Gasteiger charge is 2.22. The molecule has 0 radical (unpaired) electrons. The van der Waals surface area contributed by atoms with Gasteiger partial charge in [-0.15, -0.1) is 0 Å². The summed E-state index contributed by atoms with van der Waals surface area (Å²) in [7, 11) is -0.449. The maximum absolute atomic E-state index is 12.9. The number of aromatic nitrogens is 1. The molecule has 3 aromatic rings. The van der Waals surface area contributed by atoms with Crippen LogP contribution in [0.1, 0.15) is 30.5 Å². The van der Waals surface area contributed by atoms with Crippen molar-refractivity contribution in [3.8, 4) is 5.75 Å². The molecule has 0 aliphatic rings. The third-order valence-corrected chi connectivity index (χ3v) is 7.07. The number of thiazole rings is 1. The van der Waals surface area contributed by atoms with Crippen molar-refractivity contribution < 1.29 is 13.2 Å². The molecular weight excluding hydrogens is 384 g/mol. The molecule has 27 heavy (non-hydrogen) atoms. The predicted octanol–water partition coefficient (Wildman–Crippen LogP) is 3.35. The molecule has 0 spiro atoms. The third-order valence-electron chi connectivity index (χ3n) is 4.60. The van der Waals surface area contributed by atoms with Gasteiger partial charge in [-0.1, -0.05) is 30.4 Å². The largest absolute Gasteiger partial charge is 0.496 e. The minimum absolute atomic E-state index is 0.118. The van der Waals surface area contributed by atoms with Crippen LogP contribution < -0.4 is 14.3 Å². The molecule has 0 amide bonds. The third kappa shape index (κ3) is 3.78. The van der Waals surface area contributed by atoms with Gasteiger partial charge < -0.3 is 9.30 Å². The summed E-state index contributed by atoms with van der Waals surface area (Å²) in [6.45, 7) is 3.85. The first-order valence-electron chi connectivity index (χ1n) is 8.53. The van der Waals surface area contributed by atoms with E-state index in [0.717, 1.165) is 33.7 Å². The number of rotatable bonds is 6. The second-order valence-corrected chi connectivity index (χ2v) is 9.07. The highest BCUT2D eigenvalue weighted by molar-refractivity contribution is 7.89. The summed E-state index contributed by atoms with van der Waals surface area (Å²) in [6.07, 6.45) is 0.603. The molecule has 1 heterocycles. The second kappa shape index (κ2) is 7.46. The van der Waals surface area contributed by atoms with E-state index in [2.05, 4.69) is 4.72 Å². The van der Waals surface area contributed by atoms with Gasteiger partial charge in [0.2, 0.25) is 10.0 Å². The summed E-state index contributed by atoms with van der Waals surface area (Å²) >= 11 is 1.04. The molecule has 0 fully saturated rings. The fourth-order valence-corrected chi connectivity index (χ4v) is 5.37. The van der Waals surface area contributed by atoms with Crippen LogP contribution in [0.2, 0.25) is 0 Å². The zero-order valence-corrected chi connectivity index (χ0v) is 17.3. The van der Waals surface area contributed by atoms with Gasteiger partial charge in [0.1, 0.15) is 5.75 Å². The summed E-state index contributed by atoms with van der Waals surface area (Å²) < 4.78 is 36.0. The standard InChI is InChI=1S/C19H22N2O4S2/c1-5-15(13-6-9-17(25-4)12(2)10-13)20-27(23,24)14-7-8-16-18(11-14)26-19(22)21(16)3/h6-11,15,20H,5H2,1-4H3/t15-/m1/s1. The topological polar surface area (TPSA) is 77.4 Å². The average Bonchev–Trinajstić information content (AvgIpc) is 2.93. The number of aryl methyl sites for hydroxylation is 2. The number of nitrogens with zero attached hydrogens (tertiary/aromatic N) is 1. The Bertz CT molecular complexity index is 1150. The Morgan fingerprint density at radius 2 is 1.96 bits per heavy atom. The molecule has 1 N–H and O–H groups in total. The van der Waals surface area contributed by atoms with Crippen LogP contribution in [0.15, 0.2) is 46.1 Å². The average molecular weight is 407 g/mol. The van der Waals surface area contributed by atoms with Crippen LogP contribution in [0.3, 0.4) is 0 Å². The fourth-order valence-electron chi connectivity index (χ4n) is 3.04. The van der Waals surface area contributed by atoms with E-state index in [9.17, 15) is 13.2 Å². The van der Waals surface area contributed by atoms with Crippen LogP contribution in [-0.4, -0.2) is 20.1 Å². The first-order valence-corrected chi connectivity index (χ1v) is 10.8. The van der Waals surface area contributed by atoms with Gasteiger partial charge in [-0.05, 0) is 48.7 Å². The molecule has 0 unspecified atom stereocenters. The predicted molar refractivity (Wildman–Crippen MR) is 108 cm³/mol. The van der Waals surface area contributed by atoms with E-state index < -0.39 is 10.0 Å². The van der Waals surface area contributed by atoms with Gasteiger partial charge in [-0.2, -0.15) is 0 Å². The van der Waals surface area contributed by atoms with Crippen LogP contribution in [0, 0.1) is 6.92 Å². The monoisotopic (exact) mass is 406 g/mol. The summed E-state index contributed by atoms with van der Waals surface area (Å²) in [6, 6.07) is 10.0. The first-order chi connectivity index (χ1) is 12.8. The molecular formula is C19H22N2O4S2. The normalized spacial score (nSPS) is 13.0. The first kappa shape index (κ1) is 19.6. The van der Waals surface area contributed by atoms with Crippen LogP contribution in [0.5, 0.6) is 5.75 Å². The molecule has 0 bridgehead atoms. The highest BCUT2D eigenvalue weighted by atomic mass is 32.2. The summed E-state index contributed by atoms with van der Waals surface area (Å²) in [5.74, 6) is 0.765. The van der Waals surface area contributed by atoms with Gasteiger partial charge in [0.15, 0.2) is 0 Å². The van der Waals surface area contributed by atoms with E-state index in [1.54, 1.807) is 26.3 Å². The van der Waals surface area contributed by atoms with Crippen molar-refractivity contribution in [1.29, 1.82) is 0 Å². The van der Waals surface area contributed by atoms with E-state index in [0.29, 0.717) is 11.1 Å². The molecule has 144 valence electrons. The van der Waals surface area contributed by atoms with Crippen molar-refractivity contribution in [3.63, 3.8) is 0 Å². The highest BCUT2D eigenvalue weighted by Crippen LogP contribution is 2.27. The number of benzene rings is 2. The van der Waals surface area contributed by atoms with Gasteiger partial charge in [0.25, 0.3) is 0 Å². The number of hydrogen-bond acceptors (Lipinski definition) is 5. The zero-order chi connectivity index (χ0) is 19.8. The van der Waals surface area contributed by atoms with Gasteiger partial charge in [-0.25, -0.2) is 13.1 Å². The Morgan fingerprint density at radius 1 is 1.22 bits per heavy atom. The SMILES string of the molecule is CC[C@@H](NS(=O)(=O)c1ccc2c(c1)sc(=O)n2C)c1ccc(OC)c(C)c1. The molecule has 0 aliphatic carbocycles. The van der Waals surface area contributed by atoms with Crippen LogP contribution in [0.4, 0.5) is 0 Å². The lowest BCUT2D eigenvalue weighted by Gasteiger charge is -2.19. The quantitative estimate of drug-likeness (QED) is 0.681. The molecule has 2 aromatic carbocycles. The van der Waals surface area contributed by atoms with Crippen molar-refractivity contribution in [2.24, 2.45) is 7.05 Å². The molecule has 1 atom stereocenters. The van der Waals surface area contributed by atoms with E-state index in [-0.39, 0.29) is 15.8 Å². The zero-order valence-electron chi connectivity index (χ0n) is 15.6. The van der Waals surface area contributed by atoms with Gasteiger partial charge in [-0.3, -0.25) is 4.79 Å². The Labute approximate surface area is 162 Å². The maximum atomic E-state index is 12.9. The Morgan fingerprint density at radius 3 is 2.59 bits per heavy atom. The molecule has 0 saturated heterocycles. The van der Waals surface area contributed by atoms with E-state index >= 15 is 0 Å². The number of methoxy groups -OCH3 is 1. The smallest absolute Gasteiger partial charge is 0.307 e. The van der Waals surface area contributed by atoms with E-state index in [1.807, 2.05) is 32.0 Å². The van der Waals surface area contributed by atoms with Crippen molar-refractivity contribution in [3.05, 3.63) is 57.2 Å². The number of ether oxygens (including phenoxy) is 1. The number of nitrogens with one attached hydrogen (secondary N) is 1. The van der Waals surface area contributed by atoms with Crippen molar-refractivity contribution >= 4 is 31.6 Å². The molecule has 8 heteroatoms. The maximum Gasteiger partial charge on any atom is 0.307 e. The molecule has 0 saturated carbocycles. The molecule has 3 rings (SSSR count). The Kier molecular flexibility index (Phi) is 5.41. The summed E-state index contributed by atoms with van der Waals surface area (Å²) in [4.78, 5) is 11.8. The van der Waals surface area contributed by atoms with Gasteiger partial charge >= 0.3 is 4.87 Å². The second-order valence-electron chi connectivity index (χ2n) is 6.37. The Balaban J connectivity index is 1.94. The van der Waals surface area contributed by atoms with Crippen molar-refractivity contribution in [1.82, 2.24) is 9.29 Å². The van der Waals surface area contributed by atoms with E-state index in [1.165, 1.54) is 10.6 Å². The lowest BCUT2D eigenvalue weighted by molar-refractivity contribution is 0.411. The lowest BCUT2D eigenvalue weighted by Crippen LogP contribution is -2.28. The van der Waals surface area contributed by atoms with Gasteiger partial charge in [0.05, 0.1) is 22.2 Å². The molecule has 1 aromatic heterocycles.